The van der Waals surface area contributed by atoms with E-state index in [1.54, 1.807) is 0 Å². The van der Waals surface area contributed by atoms with Gasteiger partial charge in [-0.3, -0.25) is 9.69 Å². The molecule has 0 spiro atoms. The van der Waals surface area contributed by atoms with Gasteiger partial charge in [0.05, 0.1) is 13.0 Å². The minimum atomic E-state index is -0.706. The molecule has 0 amide bonds. The van der Waals surface area contributed by atoms with Gasteiger partial charge in [-0.1, -0.05) is 13.3 Å². The second-order valence-electron chi connectivity index (χ2n) is 5.34. The Bertz CT molecular complexity index is 413. The average Bonchev–Trinajstić information content (AvgIpc) is 2.79. The van der Waals surface area contributed by atoms with Crippen molar-refractivity contribution in [1.29, 1.82) is 0 Å². The molecule has 0 saturated carbocycles. The zero-order chi connectivity index (χ0) is 13.7. The molecule has 4 nitrogen and oxygen atoms in total. The molecule has 2 rings (SSSR count). The molecule has 1 aliphatic heterocycles. The number of piperidine rings is 1. The van der Waals surface area contributed by atoms with Crippen LogP contribution in [0.25, 0.3) is 0 Å². The van der Waals surface area contributed by atoms with E-state index in [1.807, 2.05) is 12.1 Å². The van der Waals surface area contributed by atoms with E-state index in [9.17, 15) is 4.79 Å². The molecule has 0 aliphatic carbocycles. The van der Waals surface area contributed by atoms with Crippen molar-refractivity contribution in [1.82, 2.24) is 4.90 Å². The lowest BCUT2D eigenvalue weighted by Crippen LogP contribution is -2.40. The lowest BCUT2D eigenvalue weighted by Gasteiger charge is -2.34. The Morgan fingerprint density at radius 3 is 2.95 bits per heavy atom. The highest BCUT2D eigenvalue weighted by molar-refractivity contribution is 5.67. The summed E-state index contributed by atoms with van der Waals surface area (Å²) in [7, 11) is 0. The molecule has 1 aliphatic rings. The summed E-state index contributed by atoms with van der Waals surface area (Å²) in [5, 5.41) is 8.97. The van der Waals surface area contributed by atoms with Crippen LogP contribution in [0.15, 0.2) is 16.5 Å². The molecule has 1 N–H and O–H groups in total. The summed E-state index contributed by atoms with van der Waals surface area (Å²) in [5.74, 6) is 1.29. The summed E-state index contributed by atoms with van der Waals surface area (Å²) in [5.41, 5.74) is 0. The lowest BCUT2D eigenvalue weighted by atomic mass is 9.99. The summed E-state index contributed by atoms with van der Waals surface area (Å²) >= 11 is 0. The van der Waals surface area contributed by atoms with Gasteiger partial charge in [0, 0.05) is 12.5 Å². The van der Waals surface area contributed by atoms with Crippen LogP contribution in [-0.4, -0.2) is 28.6 Å². The van der Waals surface area contributed by atoms with Crippen molar-refractivity contribution in [3.8, 4) is 0 Å². The Morgan fingerprint density at radius 1 is 1.42 bits per heavy atom. The fourth-order valence-corrected chi connectivity index (χ4v) is 2.79. The number of likely N-dealkylation sites (tertiary alicyclic amines) is 1. The van der Waals surface area contributed by atoms with Gasteiger partial charge >= 0.3 is 5.97 Å². The maximum Gasteiger partial charge on any atom is 0.304 e. The van der Waals surface area contributed by atoms with E-state index in [1.165, 1.54) is 0 Å². The molecule has 1 fully saturated rings. The average molecular weight is 265 g/mol. The van der Waals surface area contributed by atoms with Crippen molar-refractivity contribution < 1.29 is 14.3 Å². The number of hydrogen-bond acceptors (Lipinski definition) is 3. The van der Waals surface area contributed by atoms with Gasteiger partial charge in [0.25, 0.3) is 0 Å². The first kappa shape index (κ1) is 14.1. The van der Waals surface area contributed by atoms with Crippen LogP contribution in [0.5, 0.6) is 0 Å². The standard InChI is InChI=1S/C15H23NO3/c1-2-5-13-7-8-14(19-13)11-16-9-4-3-6-12(16)10-15(17)18/h7-8,12H,2-6,9-11H2,1H3,(H,17,18). The third-order valence-corrected chi connectivity index (χ3v) is 3.73. The first-order chi connectivity index (χ1) is 9.19. The van der Waals surface area contributed by atoms with Gasteiger partial charge in [0.2, 0.25) is 0 Å². The topological polar surface area (TPSA) is 53.7 Å². The Labute approximate surface area is 114 Å². The molecule has 0 aromatic carbocycles. The number of furan rings is 1. The minimum absolute atomic E-state index is 0.158. The van der Waals surface area contributed by atoms with Gasteiger partial charge in [-0.15, -0.1) is 0 Å². The Balaban J connectivity index is 1.95. The summed E-state index contributed by atoms with van der Waals surface area (Å²) in [6.07, 6.45) is 5.56. The fraction of sp³-hybridized carbons (Fsp3) is 0.667. The van der Waals surface area contributed by atoms with Crippen molar-refractivity contribution in [2.45, 2.75) is 58.0 Å². The number of rotatable bonds is 6. The molecular formula is C15H23NO3. The molecule has 0 bridgehead atoms. The predicted octanol–water partition coefficient (Wildman–Crippen LogP) is 3.06. The molecule has 1 unspecified atom stereocenters. The molecule has 1 aromatic rings. The fourth-order valence-electron chi connectivity index (χ4n) is 2.79. The van der Waals surface area contributed by atoms with E-state index in [2.05, 4.69) is 11.8 Å². The molecule has 1 atom stereocenters. The van der Waals surface area contributed by atoms with Crippen LogP contribution in [-0.2, 0) is 17.8 Å². The van der Waals surface area contributed by atoms with Crippen LogP contribution in [0.3, 0.4) is 0 Å². The monoisotopic (exact) mass is 265 g/mol. The third-order valence-electron chi connectivity index (χ3n) is 3.73. The van der Waals surface area contributed by atoms with Crippen molar-refractivity contribution in [2.24, 2.45) is 0 Å². The Hall–Kier alpha value is -1.29. The minimum Gasteiger partial charge on any atom is -0.481 e. The van der Waals surface area contributed by atoms with E-state index < -0.39 is 5.97 Å². The summed E-state index contributed by atoms with van der Waals surface area (Å²) < 4.78 is 5.79. The van der Waals surface area contributed by atoms with E-state index in [4.69, 9.17) is 9.52 Å². The summed E-state index contributed by atoms with van der Waals surface area (Å²) in [4.78, 5) is 13.2. The van der Waals surface area contributed by atoms with Crippen LogP contribution in [0.4, 0.5) is 0 Å². The van der Waals surface area contributed by atoms with Gasteiger partial charge in [-0.25, -0.2) is 0 Å². The second kappa shape index (κ2) is 6.75. The predicted molar refractivity (Wildman–Crippen MR) is 73.0 cm³/mol. The normalized spacial score (nSPS) is 20.6. The number of hydrogen-bond donors (Lipinski definition) is 1. The first-order valence-corrected chi connectivity index (χ1v) is 7.22. The largest absolute Gasteiger partial charge is 0.481 e. The number of aliphatic carboxylic acids is 1. The Kier molecular flexibility index (Phi) is 5.02. The van der Waals surface area contributed by atoms with Crippen LogP contribution in [0.2, 0.25) is 0 Å². The number of aryl methyl sites for hydroxylation is 1. The highest BCUT2D eigenvalue weighted by atomic mass is 16.4. The molecule has 1 aromatic heterocycles. The van der Waals surface area contributed by atoms with Crippen LogP contribution in [0, 0.1) is 0 Å². The maximum absolute atomic E-state index is 10.9. The molecule has 2 heterocycles. The van der Waals surface area contributed by atoms with Crippen molar-refractivity contribution in [3.05, 3.63) is 23.7 Å². The van der Waals surface area contributed by atoms with Crippen molar-refractivity contribution in [2.75, 3.05) is 6.54 Å². The highest BCUT2D eigenvalue weighted by Gasteiger charge is 2.25. The van der Waals surface area contributed by atoms with Gasteiger partial charge in [-0.05, 0) is 37.9 Å². The van der Waals surface area contributed by atoms with E-state index in [0.717, 1.165) is 56.7 Å². The maximum atomic E-state index is 10.9. The summed E-state index contributed by atoms with van der Waals surface area (Å²) in [6.45, 7) is 3.85. The molecule has 4 heteroatoms. The number of carboxylic acids is 1. The van der Waals surface area contributed by atoms with E-state index >= 15 is 0 Å². The quantitative estimate of drug-likeness (QED) is 0.859. The zero-order valence-electron chi connectivity index (χ0n) is 11.6. The molecule has 1 saturated heterocycles. The van der Waals surface area contributed by atoms with Crippen molar-refractivity contribution in [3.63, 3.8) is 0 Å². The van der Waals surface area contributed by atoms with Crippen LogP contribution in [0.1, 0.15) is 50.5 Å². The van der Waals surface area contributed by atoms with Gasteiger partial charge < -0.3 is 9.52 Å². The molecule has 0 radical (unpaired) electrons. The number of carboxylic acid groups (broad SMARTS) is 1. The third kappa shape index (κ3) is 4.10. The van der Waals surface area contributed by atoms with Gasteiger partial charge in [0.15, 0.2) is 0 Å². The van der Waals surface area contributed by atoms with E-state index in [-0.39, 0.29) is 12.5 Å². The van der Waals surface area contributed by atoms with Crippen LogP contribution >= 0.6 is 0 Å². The molecular weight excluding hydrogens is 242 g/mol. The lowest BCUT2D eigenvalue weighted by molar-refractivity contribution is -0.138. The smallest absolute Gasteiger partial charge is 0.304 e. The molecule has 106 valence electrons. The van der Waals surface area contributed by atoms with Gasteiger partial charge in [-0.2, -0.15) is 0 Å². The number of nitrogens with zero attached hydrogens (tertiary/aromatic N) is 1. The zero-order valence-corrected chi connectivity index (χ0v) is 11.6. The highest BCUT2D eigenvalue weighted by Crippen LogP contribution is 2.23. The van der Waals surface area contributed by atoms with Crippen LogP contribution < -0.4 is 0 Å². The van der Waals surface area contributed by atoms with Gasteiger partial charge in [0.1, 0.15) is 11.5 Å². The number of carbonyl (C=O) groups is 1. The SMILES string of the molecule is CCCc1ccc(CN2CCCCC2CC(=O)O)o1. The summed E-state index contributed by atoms with van der Waals surface area (Å²) in [6, 6.07) is 4.22. The second-order valence-corrected chi connectivity index (χ2v) is 5.34. The first-order valence-electron chi connectivity index (χ1n) is 7.22. The Morgan fingerprint density at radius 2 is 2.21 bits per heavy atom. The van der Waals surface area contributed by atoms with Crippen molar-refractivity contribution >= 4 is 5.97 Å². The van der Waals surface area contributed by atoms with E-state index in [0.29, 0.717) is 0 Å². The molecule has 19 heavy (non-hydrogen) atoms.